The van der Waals surface area contributed by atoms with Gasteiger partial charge in [-0.15, -0.1) is 0 Å². The fourth-order valence-electron chi connectivity index (χ4n) is 1.61. The van der Waals surface area contributed by atoms with Gasteiger partial charge in [-0.2, -0.15) is 0 Å². The van der Waals surface area contributed by atoms with Crippen LogP contribution < -0.4 is 10.0 Å². The van der Waals surface area contributed by atoms with Gasteiger partial charge >= 0.3 is 5.97 Å². The minimum atomic E-state index is -3.57. The van der Waals surface area contributed by atoms with Crippen LogP contribution in [0, 0.1) is 5.92 Å². The Morgan fingerprint density at radius 2 is 2.14 bits per heavy atom. The third kappa shape index (κ3) is 4.39. The first-order valence-electron chi connectivity index (χ1n) is 6.86. The van der Waals surface area contributed by atoms with Crippen molar-refractivity contribution in [3.63, 3.8) is 0 Å². The van der Waals surface area contributed by atoms with Crippen LogP contribution in [-0.4, -0.2) is 48.3 Å². The van der Waals surface area contributed by atoms with Crippen LogP contribution in [0.2, 0.25) is 0 Å². The second-order valence-corrected chi connectivity index (χ2v) is 7.37. The molecule has 4 N–H and O–H groups in total. The molecule has 122 valence electrons. The summed E-state index contributed by atoms with van der Waals surface area (Å²) < 4.78 is 26.5. The van der Waals surface area contributed by atoms with Crippen LogP contribution in [0.4, 0.5) is 5.82 Å². The largest absolute Gasteiger partial charge is 0.479 e. The molecule has 0 spiro atoms. The molecule has 1 unspecified atom stereocenters. The zero-order valence-electron chi connectivity index (χ0n) is 12.1. The van der Waals surface area contributed by atoms with Crippen molar-refractivity contribution in [2.24, 2.45) is 5.92 Å². The average molecular weight is 329 g/mol. The second-order valence-electron chi connectivity index (χ2n) is 5.61. The standard InChI is InChI=1S/C13H19N3O5S/c1-13(19,12(17)18)8-15-11-5-4-10(7-14-11)22(20,21)16-6-9-2-3-9/h4-5,7,9,16,19H,2-3,6,8H2,1H3,(H,14,15)(H,17,18). The summed E-state index contributed by atoms with van der Waals surface area (Å²) in [5.74, 6) is -0.645. The number of carboxylic acids is 1. The number of nitrogens with one attached hydrogen (secondary N) is 2. The van der Waals surface area contributed by atoms with Gasteiger partial charge in [0.1, 0.15) is 10.7 Å². The molecule has 1 aliphatic rings. The molecule has 1 heterocycles. The Labute approximate surface area is 128 Å². The van der Waals surface area contributed by atoms with Gasteiger partial charge in [-0.3, -0.25) is 0 Å². The van der Waals surface area contributed by atoms with E-state index in [4.69, 9.17) is 5.11 Å². The fraction of sp³-hybridized carbons (Fsp3) is 0.538. The summed E-state index contributed by atoms with van der Waals surface area (Å²) in [7, 11) is -3.57. The molecule has 0 saturated heterocycles. The fourth-order valence-corrected chi connectivity index (χ4v) is 2.68. The zero-order valence-corrected chi connectivity index (χ0v) is 12.9. The lowest BCUT2D eigenvalue weighted by molar-refractivity contribution is -0.155. The molecule has 8 nitrogen and oxygen atoms in total. The maximum atomic E-state index is 12.0. The van der Waals surface area contributed by atoms with Crippen molar-refractivity contribution >= 4 is 21.8 Å². The molecule has 1 aliphatic carbocycles. The number of pyridine rings is 1. The highest BCUT2D eigenvalue weighted by Gasteiger charge is 2.29. The predicted octanol–water partition coefficient (Wildman–Crippen LogP) is 0.0174. The number of carbonyl (C=O) groups is 1. The lowest BCUT2D eigenvalue weighted by Gasteiger charge is -2.18. The summed E-state index contributed by atoms with van der Waals surface area (Å²) in [6.45, 7) is 1.34. The van der Waals surface area contributed by atoms with Crippen molar-refractivity contribution in [2.75, 3.05) is 18.4 Å². The van der Waals surface area contributed by atoms with E-state index in [1.54, 1.807) is 0 Å². The molecule has 0 aliphatic heterocycles. The topological polar surface area (TPSA) is 129 Å². The van der Waals surface area contributed by atoms with Crippen molar-refractivity contribution in [1.82, 2.24) is 9.71 Å². The molecule has 0 radical (unpaired) electrons. The lowest BCUT2D eigenvalue weighted by Crippen LogP contribution is -2.41. The molecular weight excluding hydrogens is 310 g/mol. The number of sulfonamides is 1. The van der Waals surface area contributed by atoms with E-state index in [2.05, 4.69) is 15.0 Å². The Kier molecular flexibility index (Phi) is 4.69. The van der Waals surface area contributed by atoms with E-state index in [1.165, 1.54) is 18.3 Å². The van der Waals surface area contributed by atoms with Crippen LogP contribution in [0.5, 0.6) is 0 Å². The molecule has 1 aromatic heterocycles. The van der Waals surface area contributed by atoms with Crippen LogP contribution in [0.1, 0.15) is 19.8 Å². The predicted molar refractivity (Wildman–Crippen MR) is 78.9 cm³/mol. The van der Waals surface area contributed by atoms with Gasteiger partial charge < -0.3 is 15.5 Å². The number of hydrogen-bond acceptors (Lipinski definition) is 6. The normalized spacial score (nSPS) is 17.7. The molecule has 22 heavy (non-hydrogen) atoms. The molecular formula is C13H19N3O5S. The quantitative estimate of drug-likeness (QED) is 0.529. The van der Waals surface area contributed by atoms with Crippen LogP contribution in [-0.2, 0) is 14.8 Å². The number of aromatic nitrogens is 1. The van der Waals surface area contributed by atoms with Crippen LogP contribution in [0.3, 0.4) is 0 Å². The van der Waals surface area contributed by atoms with E-state index in [1.807, 2.05) is 0 Å². The molecule has 0 aromatic carbocycles. The maximum Gasteiger partial charge on any atom is 0.337 e. The molecule has 1 aromatic rings. The van der Waals surface area contributed by atoms with Gasteiger partial charge in [0.2, 0.25) is 10.0 Å². The smallest absolute Gasteiger partial charge is 0.337 e. The SMILES string of the molecule is CC(O)(CNc1ccc(S(=O)(=O)NCC2CC2)cn1)C(=O)O. The van der Waals surface area contributed by atoms with Gasteiger partial charge in [-0.25, -0.2) is 22.9 Å². The Morgan fingerprint density at radius 1 is 1.45 bits per heavy atom. The number of aliphatic carboxylic acids is 1. The van der Waals surface area contributed by atoms with Gasteiger partial charge in [0.25, 0.3) is 0 Å². The highest BCUT2D eigenvalue weighted by molar-refractivity contribution is 7.89. The molecule has 1 saturated carbocycles. The van der Waals surface area contributed by atoms with E-state index in [0.717, 1.165) is 19.8 Å². The average Bonchev–Trinajstić information content (AvgIpc) is 3.28. The van der Waals surface area contributed by atoms with Crippen LogP contribution in [0.15, 0.2) is 23.2 Å². The van der Waals surface area contributed by atoms with Crippen molar-refractivity contribution in [1.29, 1.82) is 0 Å². The first-order valence-corrected chi connectivity index (χ1v) is 8.34. The first-order chi connectivity index (χ1) is 10.2. The number of hydrogen-bond donors (Lipinski definition) is 4. The Hall–Kier alpha value is -1.71. The van der Waals surface area contributed by atoms with E-state index in [-0.39, 0.29) is 17.3 Å². The van der Waals surface area contributed by atoms with E-state index in [0.29, 0.717) is 12.5 Å². The van der Waals surface area contributed by atoms with Gasteiger partial charge in [0, 0.05) is 12.7 Å². The lowest BCUT2D eigenvalue weighted by atomic mass is 10.1. The Balaban J connectivity index is 1.96. The van der Waals surface area contributed by atoms with E-state index >= 15 is 0 Å². The molecule has 2 rings (SSSR count). The third-order valence-corrected chi connectivity index (χ3v) is 4.79. The summed E-state index contributed by atoms with van der Waals surface area (Å²) in [5.41, 5.74) is -1.93. The molecule has 0 amide bonds. The summed E-state index contributed by atoms with van der Waals surface area (Å²) in [6.07, 6.45) is 3.29. The Bertz CT molecular complexity index is 638. The van der Waals surface area contributed by atoms with Gasteiger partial charge in [-0.05, 0) is 37.8 Å². The third-order valence-electron chi connectivity index (χ3n) is 3.38. The molecule has 1 atom stereocenters. The zero-order chi connectivity index (χ0) is 16.4. The second kappa shape index (κ2) is 6.19. The first kappa shape index (κ1) is 16.7. The summed E-state index contributed by atoms with van der Waals surface area (Å²) in [5, 5.41) is 21.0. The highest BCUT2D eigenvalue weighted by Crippen LogP contribution is 2.28. The van der Waals surface area contributed by atoms with Gasteiger partial charge in [0.15, 0.2) is 5.60 Å². The van der Waals surface area contributed by atoms with Gasteiger partial charge in [-0.1, -0.05) is 0 Å². The minimum Gasteiger partial charge on any atom is -0.479 e. The van der Waals surface area contributed by atoms with Crippen molar-refractivity contribution in [3.05, 3.63) is 18.3 Å². The summed E-state index contributed by atoms with van der Waals surface area (Å²) in [4.78, 5) is 14.7. The monoisotopic (exact) mass is 329 g/mol. The number of rotatable bonds is 8. The van der Waals surface area contributed by atoms with E-state index < -0.39 is 21.6 Å². The molecule has 9 heteroatoms. The maximum absolute atomic E-state index is 12.0. The summed E-state index contributed by atoms with van der Waals surface area (Å²) in [6, 6.07) is 2.80. The molecule has 1 fully saturated rings. The van der Waals surface area contributed by atoms with Crippen LogP contribution in [0.25, 0.3) is 0 Å². The van der Waals surface area contributed by atoms with Crippen molar-refractivity contribution in [2.45, 2.75) is 30.3 Å². The van der Waals surface area contributed by atoms with Crippen molar-refractivity contribution in [3.8, 4) is 0 Å². The number of aliphatic hydroxyl groups is 1. The summed E-state index contributed by atoms with van der Waals surface area (Å²) >= 11 is 0. The van der Waals surface area contributed by atoms with Crippen LogP contribution >= 0.6 is 0 Å². The number of nitrogens with zero attached hydrogens (tertiary/aromatic N) is 1. The highest BCUT2D eigenvalue weighted by atomic mass is 32.2. The van der Waals surface area contributed by atoms with Crippen molar-refractivity contribution < 1.29 is 23.4 Å². The van der Waals surface area contributed by atoms with E-state index in [9.17, 15) is 18.3 Å². The van der Waals surface area contributed by atoms with Gasteiger partial charge in [0.05, 0.1) is 6.54 Å². The number of anilines is 1. The number of carboxylic acid groups (broad SMARTS) is 1. The minimum absolute atomic E-state index is 0.0451. The molecule has 0 bridgehead atoms. The Morgan fingerprint density at radius 3 is 2.64 bits per heavy atom.